The maximum absolute atomic E-state index is 5.58. The second kappa shape index (κ2) is 5.44. The Morgan fingerprint density at radius 2 is 1.78 bits per heavy atom. The molecule has 0 fully saturated rings. The van der Waals surface area contributed by atoms with Gasteiger partial charge in [0.25, 0.3) is 0 Å². The van der Waals surface area contributed by atoms with Crippen LogP contribution >= 0.6 is 11.8 Å². The lowest BCUT2D eigenvalue weighted by molar-refractivity contribution is 1.20. The van der Waals surface area contributed by atoms with Gasteiger partial charge in [0.2, 0.25) is 0 Å². The molecule has 2 nitrogen and oxygen atoms in total. The van der Waals surface area contributed by atoms with Gasteiger partial charge in [-0.2, -0.15) is 0 Å². The first-order valence-corrected chi connectivity index (χ1v) is 6.96. The van der Waals surface area contributed by atoms with Crippen LogP contribution in [0, 0.1) is 20.8 Å². The number of aryl methyl sites for hydroxylation is 3. The molecule has 0 aliphatic heterocycles. The number of pyridine rings is 1. The number of thioether (sulfide) groups is 1. The van der Waals surface area contributed by atoms with Gasteiger partial charge < -0.3 is 5.73 Å². The predicted octanol–water partition coefficient (Wildman–Crippen LogP) is 3.88. The zero-order valence-corrected chi connectivity index (χ0v) is 11.8. The van der Waals surface area contributed by atoms with Crippen LogP contribution < -0.4 is 5.73 Å². The first-order valence-electron chi connectivity index (χ1n) is 5.97. The fourth-order valence-electron chi connectivity index (χ4n) is 2.07. The number of rotatable bonds is 3. The average Bonchev–Trinajstić information content (AvgIpc) is 2.30. The molecule has 1 aromatic carbocycles. The number of aromatic nitrogens is 1. The van der Waals surface area contributed by atoms with Crippen molar-refractivity contribution < 1.29 is 0 Å². The summed E-state index contributed by atoms with van der Waals surface area (Å²) >= 11 is 1.80. The zero-order chi connectivity index (χ0) is 13.1. The van der Waals surface area contributed by atoms with E-state index >= 15 is 0 Å². The van der Waals surface area contributed by atoms with Gasteiger partial charge in [-0.3, -0.25) is 0 Å². The molecule has 0 aliphatic carbocycles. The van der Waals surface area contributed by atoms with Crippen LogP contribution in [-0.2, 0) is 5.75 Å². The molecule has 0 unspecified atom stereocenters. The number of nitrogens with zero attached hydrogens (tertiary/aromatic N) is 1. The van der Waals surface area contributed by atoms with E-state index in [1.807, 2.05) is 18.3 Å². The number of nitrogens with two attached hydrogens (primary N) is 1. The van der Waals surface area contributed by atoms with Crippen molar-refractivity contribution in [3.8, 4) is 0 Å². The molecule has 2 N–H and O–H groups in total. The topological polar surface area (TPSA) is 38.9 Å². The molecule has 2 aromatic rings. The molecule has 2 rings (SSSR count). The van der Waals surface area contributed by atoms with Gasteiger partial charge in [-0.15, -0.1) is 11.8 Å². The van der Waals surface area contributed by atoms with Crippen LogP contribution in [0.15, 0.2) is 35.4 Å². The smallest absolute Gasteiger partial charge is 0.123 e. The molecular formula is C15H18N2S. The summed E-state index contributed by atoms with van der Waals surface area (Å²) in [6.45, 7) is 6.50. The van der Waals surface area contributed by atoms with Gasteiger partial charge in [-0.05, 0) is 49.6 Å². The van der Waals surface area contributed by atoms with Crippen molar-refractivity contribution in [2.45, 2.75) is 31.4 Å². The van der Waals surface area contributed by atoms with Gasteiger partial charge in [0.05, 0.1) is 0 Å². The molecular weight excluding hydrogens is 240 g/mol. The highest BCUT2D eigenvalue weighted by atomic mass is 32.2. The maximum Gasteiger partial charge on any atom is 0.123 e. The lowest BCUT2D eigenvalue weighted by atomic mass is 10.0. The fraction of sp³-hybridized carbons (Fsp3) is 0.267. The Kier molecular flexibility index (Phi) is 3.92. The fourth-order valence-corrected chi connectivity index (χ4v) is 3.13. The minimum atomic E-state index is 0.571. The van der Waals surface area contributed by atoms with Gasteiger partial charge >= 0.3 is 0 Å². The van der Waals surface area contributed by atoms with E-state index in [9.17, 15) is 0 Å². The van der Waals surface area contributed by atoms with Crippen LogP contribution in [-0.4, -0.2) is 4.98 Å². The lowest BCUT2D eigenvalue weighted by Crippen LogP contribution is -1.93. The summed E-state index contributed by atoms with van der Waals surface area (Å²) in [7, 11) is 0. The molecule has 0 atom stereocenters. The number of hydrogen-bond acceptors (Lipinski definition) is 3. The highest BCUT2D eigenvalue weighted by molar-refractivity contribution is 7.98. The Bertz CT molecular complexity index is 524. The van der Waals surface area contributed by atoms with Crippen LogP contribution in [0.5, 0.6) is 0 Å². The Labute approximate surface area is 113 Å². The first-order chi connectivity index (χ1) is 8.56. The molecule has 94 valence electrons. The standard InChI is InChI=1S/C15H18N2S/c1-10-6-11(2)14(12(3)7-10)9-18-13-4-5-15(16)17-8-13/h4-8H,9H2,1-3H3,(H2,16,17). The minimum Gasteiger partial charge on any atom is -0.384 e. The van der Waals surface area contributed by atoms with Crippen LogP contribution in [0.2, 0.25) is 0 Å². The molecule has 3 heteroatoms. The molecule has 0 amide bonds. The number of hydrogen-bond donors (Lipinski definition) is 1. The second-order valence-corrected chi connectivity index (χ2v) is 5.63. The van der Waals surface area contributed by atoms with Gasteiger partial charge in [-0.25, -0.2) is 4.98 Å². The molecule has 0 radical (unpaired) electrons. The third-order valence-electron chi connectivity index (χ3n) is 2.98. The second-order valence-electron chi connectivity index (χ2n) is 4.58. The van der Waals surface area contributed by atoms with Crippen molar-refractivity contribution in [1.29, 1.82) is 0 Å². The summed E-state index contributed by atoms with van der Waals surface area (Å²) in [5.74, 6) is 1.55. The van der Waals surface area contributed by atoms with Crippen LogP contribution in [0.3, 0.4) is 0 Å². The summed E-state index contributed by atoms with van der Waals surface area (Å²) < 4.78 is 0. The van der Waals surface area contributed by atoms with E-state index in [1.54, 1.807) is 11.8 Å². The highest BCUT2D eigenvalue weighted by Crippen LogP contribution is 2.26. The third-order valence-corrected chi connectivity index (χ3v) is 3.99. The summed E-state index contributed by atoms with van der Waals surface area (Å²) in [6.07, 6.45) is 1.83. The number of benzene rings is 1. The van der Waals surface area contributed by atoms with E-state index in [1.165, 1.54) is 22.3 Å². The van der Waals surface area contributed by atoms with E-state index < -0.39 is 0 Å². The number of anilines is 1. The van der Waals surface area contributed by atoms with E-state index in [0.29, 0.717) is 5.82 Å². The normalized spacial score (nSPS) is 10.6. The Hall–Kier alpha value is -1.48. The van der Waals surface area contributed by atoms with E-state index in [4.69, 9.17) is 5.73 Å². The van der Waals surface area contributed by atoms with E-state index in [2.05, 4.69) is 37.9 Å². The predicted molar refractivity (Wildman–Crippen MR) is 78.9 cm³/mol. The first kappa shape index (κ1) is 13.0. The average molecular weight is 258 g/mol. The molecule has 0 bridgehead atoms. The Morgan fingerprint density at radius 1 is 1.11 bits per heavy atom. The summed E-state index contributed by atoms with van der Waals surface area (Å²) in [5, 5.41) is 0. The molecule has 18 heavy (non-hydrogen) atoms. The monoisotopic (exact) mass is 258 g/mol. The summed E-state index contributed by atoms with van der Waals surface area (Å²) in [5.41, 5.74) is 11.1. The molecule has 1 heterocycles. The van der Waals surface area contributed by atoms with Crippen molar-refractivity contribution in [3.63, 3.8) is 0 Å². The summed E-state index contributed by atoms with van der Waals surface area (Å²) in [4.78, 5) is 5.26. The van der Waals surface area contributed by atoms with Gasteiger partial charge in [0.15, 0.2) is 0 Å². The van der Waals surface area contributed by atoms with E-state index in [0.717, 1.165) is 10.6 Å². The quantitative estimate of drug-likeness (QED) is 0.849. The van der Waals surface area contributed by atoms with Crippen molar-refractivity contribution in [1.82, 2.24) is 4.98 Å². The minimum absolute atomic E-state index is 0.571. The lowest BCUT2D eigenvalue weighted by Gasteiger charge is -2.11. The van der Waals surface area contributed by atoms with Crippen molar-refractivity contribution in [3.05, 3.63) is 52.7 Å². The van der Waals surface area contributed by atoms with Gasteiger partial charge in [0, 0.05) is 16.8 Å². The molecule has 1 aromatic heterocycles. The maximum atomic E-state index is 5.58. The third kappa shape index (κ3) is 3.05. The zero-order valence-electron chi connectivity index (χ0n) is 11.0. The Morgan fingerprint density at radius 3 is 2.33 bits per heavy atom. The highest BCUT2D eigenvalue weighted by Gasteiger charge is 2.05. The van der Waals surface area contributed by atoms with Crippen molar-refractivity contribution >= 4 is 17.6 Å². The van der Waals surface area contributed by atoms with Crippen molar-refractivity contribution in [2.75, 3.05) is 5.73 Å². The van der Waals surface area contributed by atoms with Crippen LogP contribution in [0.25, 0.3) is 0 Å². The molecule has 0 saturated carbocycles. The molecule has 0 saturated heterocycles. The number of nitrogen functional groups attached to an aromatic ring is 1. The van der Waals surface area contributed by atoms with Gasteiger partial charge in [-0.1, -0.05) is 17.7 Å². The largest absolute Gasteiger partial charge is 0.384 e. The van der Waals surface area contributed by atoms with Gasteiger partial charge in [0.1, 0.15) is 5.82 Å². The van der Waals surface area contributed by atoms with Crippen molar-refractivity contribution in [2.24, 2.45) is 0 Å². The molecule has 0 aliphatic rings. The summed E-state index contributed by atoms with van der Waals surface area (Å²) in [6, 6.07) is 8.34. The van der Waals surface area contributed by atoms with Crippen LogP contribution in [0.1, 0.15) is 22.3 Å². The SMILES string of the molecule is Cc1cc(C)c(CSc2ccc(N)nc2)c(C)c1. The molecule has 0 spiro atoms. The Balaban J connectivity index is 2.13. The van der Waals surface area contributed by atoms with E-state index in [-0.39, 0.29) is 0 Å². The van der Waals surface area contributed by atoms with Crippen LogP contribution in [0.4, 0.5) is 5.82 Å².